The summed E-state index contributed by atoms with van der Waals surface area (Å²) >= 11 is 0. The number of ether oxygens (including phenoxy) is 2. The van der Waals surface area contributed by atoms with Crippen LogP contribution >= 0.6 is 0 Å². The fraction of sp³-hybridized carbons (Fsp3) is 0.368. The van der Waals surface area contributed by atoms with Crippen molar-refractivity contribution < 1.29 is 23.4 Å². The van der Waals surface area contributed by atoms with Gasteiger partial charge >= 0.3 is 6.61 Å². The Bertz CT molecular complexity index is 724. The van der Waals surface area contributed by atoms with Crippen LogP contribution in [0.15, 0.2) is 42.5 Å². The number of para-hydroxylation sites is 1. The molecule has 0 bridgehead atoms. The van der Waals surface area contributed by atoms with E-state index in [1.807, 2.05) is 24.3 Å². The van der Waals surface area contributed by atoms with Gasteiger partial charge in [0.05, 0.1) is 18.8 Å². The molecule has 2 N–H and O–H groups in total. The summed E-state index contributed by atoms with van der Waals surface area (Å²) in [4.78, 5) is 0. The van der Waals surface area contributed by atoms with E-state index in [0.717, 1.165) is 11.1 Å². The van der Waals surface area contributed by atoms with Crippen LogP contribution in [-0.2, 0) is 13.0 Å². The van der Waals surface area contributed by atoms with E-state index in [1.54, 1.807) is 25.1 Å². The highest BCUT2D eigenvalue weighted by Crippen LogP contribution is 2.35. The van der Waals surface area contributed by atoms with Crippen LogP contribution in [0.5, 0.6) is 11.5 Å². The number of hydrogen-bond donors (Lipinski definition) is 2. The van der Waals surface area contributed by atoms with Crippen LogP contribution in [0.4, 0.5) is 8.78 Å². The topological polar surface area (TPSA) is 50.7 Å². The Labute approximate surface area is 145 Å². The highest BCUT2D eigenvalue weighted by atomic mass is 19.3. The normalized spacial score (nSPS) is 19.1. The first-order chi connectivity index (χ1) is 12.1. The smallest absolute Gasteiger partial charge is 0.387 e. The zero-order valence-corrected chi connectivity index (χ0v) is 13.9. The minimum atomic E-state index is -2.93. The maximum atomic E-state index is 12.8. The number of benzene rings is 2. The Balaban J connectivity index is 1.80. The van der Waals surface area contributed by atoms with Gasteiger partial charge < -0.3 is 19.9 Å². The minimum Gasteiger partial charge on any atom is -0.490 e. The average molecular weight is 349 g/mol. The van der Waals surface area contributed by atoms with Gasteiger partial charge in [0.2, 0.25) is 0 Å². The van der Waals surface area contributed by atoms with Gasteiger partial charge in [-0.25, -0.2) is 0 Å². The molecule has 2 aromatic carbocycles. The number of aliphatic hydroxyl groups is 1. The molecule has 0 saturated carbocycles. The van der Waals surface area contributed by atoms with Crippen molar-refractivity contribution in [1.29, 1.82) is 0 Å². The molecule has 0 heterocycles. The quantitative estimate of drug-likeness (QED) is 0.804. The van der Waals surface area contributed by atoms with Crippen molar-refractivity contribution in [3.05, 3.63) is 59.2 Å². The van der Waals surface area contributed by atoms with Gasteiger partial charge in [-0.15, -0.1) is 0 Å². The average Bonchev–Trinajstić information content (AvgIpc) is 2.90. The number of hydrogen-bond acceptors (Lipinski definition) is 4. The molecule has 1 aliphatic carbocycles. The SMILES string of the molecule is CCOc1cccc(CN[C@@H]2c3ccccc3C[C@@H]2O)c1OC(F)F. The van der Waals surface area contributed by atoms with Crippen LogP contribution in [0, 0.1) is 0 Å². The number of rotatable bonds is 7. The summed E-state index contributed by atoms with van der Waals surface area (Å²) in [5.74, 6) is 0.321. The summed E-state index contributed by atoms with van der Waals surface area (Å²) in [5.41, 5.74) is 2.69. The molecule has 0 aliphatic heterocycles. The van der Waals surface area contributed by atoms with E-state index in [4.69, 9.17) is 4.74 Å². The summed E-state index contributed by atoms with van der Waals surface area (Å²) in [6, 6.07) is 12.6. The van der Waals surface area contributed by atoms with E-state index >= 15 is 0 Å². The van der Waals surface area contributed by atoms with Gasteiger partial charge in [0, 0.05) is 18.5 Å². The van der Waals surface area contributed by atoms with Crippen LogP contribution in [-0.4, -0.2) is 24.4 Å². The number of aliphatic hydroxyl groups excluding tert-OH is 1. The third-order valence-electron chi connectivity index (χ3n) is 4.28. The number of halogens is 2. The molecular weight excluding hydrogens is 328 g/mol. The van der Waals surface area contributed by atoms with Gasteiger partial charge in [0.25, 0.3) is 0 Å². The summed E-state index contributed by atoms with van der Waals surface area (Å²) in [7, 11) is 0. The minimum absolute atomic E-state index is 0.0348. The van der Waals surface area contributed by atoms with Crippen molar-refractivity contribution in [3.8, 4) is 11.5 Å². The molecule has 0 fully saturated rings. The molecule has 0 amide bonds. The molecule has 0 radical (unpaired) electrons. The lowest BCUT2D eigenvalue weighted by atomic mass is 10.1. The molecule has 2 atom stereocenters. The zero-order chi connectivity index (χ0) is 17.8. The van der Waals surface area contributed by atoms with Gasteiger partial charge in [-0.05, 0) is 24.1 Å². The summed E-state index contributed by atoms with van der Waals surface area (Å²) < 4.78 is 35.6. The lowest BCUT2D eigenvalue weighted by molar-refractivity contribution is -0.0521. The van der Waals surface area contributed by atoms with Crippen LogP contribution in [0.25, 0.3) is 0 Å². The Hall–Kier alpha value is -2.18. The fourth-order valence-electron chi connectivity index (χ4n) is 3.23. The van der Waals surface area contributed by atoms with Crippen LogP contribution < -0.4 is 14.8 Å². The van der Waals surface area contributed by atoms with Crippen molar-refractivity contribution in [2.24, 2.45) is 0 Å². The van der Waals surface area contributed by atoms with Crippen LogP contribution in [0.2, 0.25) is 0 Å². The van der Waals surface area contributed by atoms with Gasteiger partial charge in [-0.3, -0.25) is 0 Å². The predicted molar refractivity (Wildman–Crippen MR) is 90.0 cm³/mol. The van der Waals surface area contributed by atoms with Crippen LogP contribution in [0.3, 0.4) is 0 Å². The number of alkyl halides is 2. The highest BCUT2D eigenvalue weighted by Gasteiger charge is 2.30. The fourth-order valence-corrected chi connectivity index (χ4v) is 3.23. The molecule has 134 valence electrons. The van der Waals surface area contributed by atoms with Gasteiger partial charge in [0.15, 0.2) is 11.5 Å². The Morgan fingerprint density at radius 1 is 1.20 bits per heavy atom. The molecule has 0 spiro atoms. The lowest BCUT2D eigenvalue weighted by Gasteiger charge is -2.20. The molecular formula is C19H21F2NO3. The molecule has 2 aromatic rings. The maximum Gasteiger partial charge on any atom is 0.387 e. The van der Waals surface area contributed by atoms with Crippen molar-refractivity contribution in [2.75, 3.05) is 6.61 Å². The van der Waals surface area contributed by atoms with E-state index in [-0.39, 0.29) is 24.1 Å². The summed E-state index contributed by atoms with van der Waals surface area (Å²) in [6.45, 7) is -0.522. The highest BCUT2D eigenvalue weighted by molar-refractivity contribution is 5.47. The Morgan fingerprint density at radius 2 is 2.00 bits per heavy atom. The number of fused-ring (bicyclic) bond motifs is 1. The van der Waals surface area contributed by atoms with Gasteiger partial charge in [0.1, 0.15) is 0 Å². The van der Waals surface area contributed by atoms with E-state index in [1.165, 1.54) is 0 Å². The maximum absolute atomic E-state index is 12.8. The summed E-state index contributed by atoms with van der Waals surface area (Å²) in [6.07, 6.45) is 0.0275. The van der Waals surface area contributed by atoms with Crippen molar-refractivity contribution >= 4 is 0 Å². The Morgan fingerprint density at radius 3 is 2.76 bits per heavy atom. The first kappa shape index (κ1) is 17.6. The number of nitrogens with one attached hydrogen (secondary N) is 1. The second-order valence-corrected chi connectivity index (χ2v) is 5.88. The van der Waals surface area contributed by atoms with E-state index in [9.17, 15) is 13.9 Å². The molecule has 0 aromatic heterocycles. The molecule has 1 aliphatic rings. The Kier molecular flexibility index (Phi) is 5.50. The van der Waals surface area contributed by atoms with Crippen LogP contribution in [0.1, 0.15) is 29.7 Å². The monoisotopic (exact) mass is 349 g/mol. The van der Waals surface area contributed by atoms with Crippen molar-refractivity contribution in [3.63, 3.8) is 0 Å². The molecule has 0 unspecified atom stereocenters. The second kappa shape index (κ2) is 7.80. The first-order valence-electron chi connectivity index (χ1n) is 8.29. The molecule has 25 heavy (non-hydrogen) atoms. The third kappa shape index (κ3) is 3.91. The van der Waals surface area contributed by atoms with E-state index in [2.05, 4.69) is 10.1 Å². The molecule has 3 rings (SSSR count). The van der Waals surface area contributed by atoms with Crippen molar-refractivity contribution in [2.45, 2.75) is 38.6 Å². The molecule has 6 heteroatoms. The lowest BCUT2D eigenvalue weighted by Crippen LogP contribution is -2.28. The van der Waals surface area contributed by atoms with E-state index < -0.39 is 12.7 Å². The summed E-state index contributed by atoms with van der Waals surface area (Å²) in [5, 5.41) is 13.6. The van der Waals surface area contributed by atoms with Gasteiger partial charge in [-0.2, -0.15) is 8.78 Å². The van der Waals surface area contributed by atoms with Crippen molar-refractivity contribution in [1.82, 2.24) is 5.32 Å². The zero-order valence-electron chi connectivity index (χ0n) is 13.9. The van der Waals surface area contributed by atoms with Gasteiger partial charge in [-0.1, -0.05) is 36.4 Å². The largest absolute Gasteiger partial charge is 0.490 e. The third-order valence-corrected chi connectivity index (χ3v) is 4.28. The predicted octanol–water partition coefficient (Wildman–Crippen LogP) is 3.43. The molecule has 0 saturated heterocycles. The van der Waals surface area contributed by atoms with E-state index in [0.29, 0.717) is 18.6 Å². The molecule has 4 nitrogen and oxygen atoms in total. The second-order valence-electron chi connectivity index (χ2n) is 5.88. The standard InChI is InChI=1S/C19H21F2NO3/c1-2-24-16-9-5-7-13(18(16)25-19(20)21)11-22-17-14-8-4-3-6-12(14)10-15(17)23/h3-9,15,17,19,22-23H,2,10-11H2,1H3/t15-,17+/m0/s1. The first-order valence-corrected chi connectivity index (χ1v) is 8.29.